The number of ether oxygens (including phenoxy) is 2. The molecule has 0 saturated heterocycles. The molecule has 0 bridgehead atoms. The van der Waals surface area contributed by atoms with Gasteiger partial charge in [0.1, 0.15) is 17.2 Å². The topological polar surface area (TPSA) is 59.6 Å². The quantitative estimate of drug-likeness (QED) is 0.817. The van der Waals surface area contributed by atoms with Crippen molar-refractivity contribution in [1.29, 1.82) is 0 Å². The minimum absolute atomic E-state index is 0.288. The fourth-order valence-corrected chi connectivity index (χ4v) is 2.14. The Bertz CT molecular complexity index is 742. The molecule has 2 aromatic carbocycles. The third-order valence-corrected chi connectivity index (χ3v) is 3.23. The van der Waals surface area contributed by atoms with E-state index in [0.717, 1.165) is 11.3 Å². The zero-order valence-corrected chi connectivity index (χ0v) is 14.9. The van der Waals surface area contributed by atoms with Gasteiger partial charge in [0, 0.05) is 12.2 Å². The van der Waals surface area contributed by atoms with Gasteiger partial charge in [-0.2, -0.15) is 0 Å². The number of anilines is 2. The average molecular weight is 346 g/mol. The Morgan fingerprint density at radius 2 is 1.92 bits per heavy atom. The summed E-state index contributed by atoms with van der Waals surface area (Å²) in [6.07, 6.45) is -0.585. The summed E-state index contributed by atoms with van der Waals surface area (Å²) in [7, 11) is 1.60. The van der Waals surface area contributed by atoms with Crippen LogP contribution in [0.3, 0.4) is 0 Å². The van der Waals surface area contributed by atoms with E-state index < -0.39 is 17.5 Å². The van der Waals surface area contributed by atoms with E-state index >= 15 is 0 Å². The van der Waals surface area contributed by atoms with Crippen molar-refractivity contribution in [2.45, 2.75) is 32.9 Å². The third-order valence-electron chi connectivity index (χ3n) is 3.23. The molecular formula is C19H23FN2O3. The molecule has 134 valence electrons. The van der Waals surface area contributed by atoms with Crippen LogP contribution in [0.25, 0.3) is 0 Å². The maximum absolute atomic E-state index is 14.0. The molecule has 25 heavy (non-hydrogen) atoms. The van der Waals surface area contributed by atoms with Crippen LogP contribution in [0.5, 0.6) is 5.75 Å². The molecule has 5 nitrogen and oxygen atoms in total. The van der Waals surface area contributed by atoms with Crippen molar-refractivity contribution in [3.05, 3.63) is 53.8 Å². The lowest BCUT2D eigenvalue weighted by atomic mass is 10.2. The normalized spacial score (nSPS) is 10.9. The molecule has 0 atom stereocenters. The van der Waals surface area contributed by atoms with Crippen LogP contribution < -0.4 is 15.4 Å². The van der Waals surface area contributed by atoms with E-state index in [1.54, 1.807) is 27.9 Å². The zero-order chi connectivity index (χ0) is 18.4. The number of carbonyl (C=O) groups is 1. The van der Waals surface area contributed by atoms with Crippen LogP contribution in [-0.4, -0.2) is 18.8 Å². The predicted molar refractivity (Wildman–Crippen MR) is 96.6 cm³/mol. The first-order chi connectivity index (χ1) is 11.8. The summed E-state index contributed by atoms with van der Waals surface area (Å²) in [5.74, 6) is 0.331. The summed E-state index contributed by atoms with van der Waals surface area (Å²) in [5, 5.41) is 5.61. The van der Waals surface area contributed by atoms with E-state index in [0.29, 0.717) is 12.2 Å². The molecule has 6 heteroatoms. The molecule has 0 fully saturated rings. The fourth-order valence-electron chi connectivity index (χ4n) is 2.14. The van der Waals surface area contributed by atoms with Gasteiger partial charge in [0.15, 0.2) is 0 Å². The van der Waals surface area contributed by atoms with Crippen molar-refractivity contribution in [2.24, 2.45) is 0 Å². The minimum atomic E-state index is -0.600. The molecule has 2 aromatic rings. The maximum Gasteiger partial charge on any atom is 0.412 e. The van der Waals surface area contributed by atoms with Crippen molar-refractivity contribution >= 4 is 17.5 Å². The SMILES string of the molecule is COc1cccc(CNc2cc(NC(=O)OC(C)(C)C)ccc2F)c1. The Morgan fingerprint density at radius 3 is 2.60 bits per heavy atom. The molecule has 0 unspecified atom stereocenters. The van der Waals surface area contributed by atoms with Gasteiger partial charge in [0.25, 0.3) is 0 Å². The number of benzene rings is 2. The number of hydrogen-bond donors (Lipinski definition) is 2. The smallest absolute Gasteiger partial charge is 0.412 e. The first-order valence-corrected chi connectivity index (χ1v) is 7.93. The van der Waals surface area contributed by atoms with Gasteiger partial charge in [-0.1, -0.05) is 12.1 Å². The largest absolute Gasteiger partial charge is 0.497 e. The second-order valence-corrected chi connectivity index (χ2v) is 6.53. The van der Waals surface area contributed by atoms with E-state index in [9.17, 15) is 9.18 Å². The minimum Gasteiger partial charge on any atom is -0.497 e. The maximum atomic E-state index is 14.0. The number of methoxy groups -OCH3 is 1. The fraction of sp³-hybridized carbons (Fsp3) is 0.316. The van der Waals surface area contributed by atoms with E-state index in [4.69, 9.17) is 9.47 Å². The lowest BCUT2D eigenvalue weighted by Gasteiger charge is -2.20. The first kappa shape index (κ1) is 18.6. The summed E-state index contributed by atoms with van der Waals surface area (Å²) < 4.78 is 24.4. The number of halogens is 1. The molecule has 2 N–H and O–H groups in total. The lowest BCUT2D eigenvalue weighted by Crippen LogP contribution is -2.27. The number of carbonyl (C=O) groups excluding carboxylic acids is 1. The molecule has 0 radical (unpaired) electrons. The Morgan fingerprint density at radius 1 is 1.16 bits per heavy atom. The molecule has 0 aliphatic carbocycles. The second kappa shape index (κ2) is 7.88. The van der Waals surface area contributed by atoms with Gasteiger partial charge < -0.3 is 14.8 Å². The van der Waals surface area contributed by atoms with Crippen LogP contribution in [0.1, 0.15) is 26.3 Å². The highest BCUT2D eigenvalue weighted by atomic mass is 19.1. The summed E-state index contributed by atoms with van der Waals surface area (Å²) >= 11 is 0. The van der Waals surface area contributed by atoms with E-state index in [1.165, 1.54) is 18.2 Å². The van der Waals surface area contributed by atoms with Gasteiger partial charge in [-0.05, 0) is 56.7 Å². The Labute approximate surface area is 147 Å². The highest BCUT2D eigenvalue weighted by Crippen LogP contribution is 2.22. The molecule has 0 saturated carbocycles. The highest BCUT2D eigenvalue weighted by molar-refractivity contribution is 5.85. The van der Waals surface area contributed by atoms with Crippen LogP contribution in [0, 0.1) is 5.82 Å². The second-order valence-electron chi connectivity index (χ2n) is 6.53. The van der Waals surface area contributed by atoms with E-state index in [2.05, 4.69) is 10.6 Å². The van der Waals surface area contributed by atoms with Gasteiger partial charge in [0.05, 0.1) is 12.8 Å². The van der Waals surface area contributed by atoms with E-state index in [1.807, 2.05) is 24.3 Å². The van der Waals surface area contributed by atoms with Crippen LogP contribution in [-0.2, 0) is 11.3 Å². The van der Waals surface area contributed by atoms with Gasteiger partial charge >= 0.3 is 6.09 Å². The van der Waals surface area contributed by atoms with Crippen molar-refractivity contribution < 1.29 is 18.7 Å². The van der Waals surface area contributed by atoms with E-state index in [-0.39, 0.29) is 5.69 Å². The molecule has 1 amide bonds. The monoisotopic (exact) mass is 346 g/mol. The molecule has 0 aromatic heterocycles. The van der Waals surface area contributed by atoms with Gasteiger partial charge in [-0.25, -0.2) is 9.18 Å². The molecule has 0 aliphatic heterocycles. The highest BCUT2D eigenvalue weighted by Gasteiger charge is 2.16. The average Bonchev–Trinajstić information content (AvgIpc) is 2.53. The number of nitrogens with one attached hydrogen (secondary N) is 2. The summed E-state index contributed by atoms with van der Waals surface area (Å²) in [6.45, 7) is 5.75. The van der Waals surface area contributed by atoms with Crippen LogP contribution in [0.2, 0.25) is 0 Å². The van der Waals surface area contributed by atoms with Gasteiger partial charge in [-0.15, -0.1) is 0 Å². The molecular weight excluding hydrogens is 323 g/mol. The Hall–Kier alpha value is -2.76. The first-order valence-electron chi connectivity index (χ1n) is 7.93. The van der Waals surface area contributed by atoms with Crippen LogP contribution >= 0.6 is 0 Å². The number of hydrogen-bond acceptors (Lipinski definition) is 4. The van der Waals surface area contributed by atoms with Crippen molar-refractivity contribution in [3.63, 3.8) is 0 Å². The predicted octanol–water partition coefficient (Wildman–Crippen LogP) is 4.79. The van der Waals surface area contributed by atoms with Crippen molar-refractivity contribution in [2.75, 3.05) is 17.7 Å². The van der Waals surface area contributed by atoms with Crippen molar-refractivity contribution in [3.8, 4) is 5.75 Å². The molecule has 0 heterocycles. The number of amides is 1. The molecule has 0 spiro atoms. The van der Waals surface area contributed by atoms with Crippen LogP contribution in [0.4, 0.5) is 20.6 Å². The standard InChI is InChI=1S/C19H23FN2O3/c1-19(2,3)25-18(23)22-14-8-9-16(20)17(11-14)21-12-13-6-5-7-15(10-13)24-4/h5-11,21H,12H2,1-4H3,(H,22,23). The van der Waals surface area contributed by atoms with Crippen LogP contribution in [0.15, 0.2) is 42.5 Å². The summed E-state index contributed by atoms with van der Waals surface area (Å²) in [5.41, 5.74) is 1.09. The van der Waals surface area contributed by atoms with Gasteiger partial charge in [-0.3, -0.25) is 5.32 Å². The summed E-state index contributed by atoms with van der Waals surface area (Å²) in [4.78, 5) is 11.8. The molecule has 0 aliphatic rings. The third kappa shape index (κ3) is 5.99. The lowest BCUT2D eigenvalue weighted by molar-refractivity contribution is 0.0636. The zero-order valence-electron chi connectivity index (χ0n) is 14.9. The Balaban J connectivity index is 2.04. The van der Waals surface area contributed by atoms with Crippen molar-refractivity contribution in [1.82, 2.24) is 0 Å². The Kier molecular flexibility index (Phi) is 5.85. The number of rotatable bonds is 5. The van der Waals surface area contributed by atoms with Gasteiger partial charge in [0.2, 0.25) is 0 Å². The molecule has 2 rings (SSSR count). The summed E-state index contributed by atoms with van der Waals surface area (Å²) in [6, 6.07) is 11.8.